The predicted molar refractivity (Wildman–Crippen MR) is 105 cm³/mol. The van der Waals surface area contributed by atoms with E-state index >= 15 is 0 Å². The van der Waals surface area contributed by atoms with Gasteiger partial charge in [0.05, 0.1) is 23.2 Å². The molecule has 0 unspecified atom stereocenters. The SMILES string of the molecule is CCCC[C@H]1C(=O)N2C(=C(C#N)[C@H]1c1ccccc1)Sc1ccccc12. The number of nitrogens with zero attached hydrogens (tertiary/aromatic N) is 2. The molecule has 130 valence electrons. The van der Waals surface area contributed by atoms with Crippen molar-refractivity contribution in [3.63, 3.8) is 0 Å². The van der Waals surface area contributed by atoms with E-state index in [9.17, 15) is 10.1 Å². The van der Waals surface area contributed by atoms with Crippen molar-refractivity contribution in [2.45, 2.75) is 37.0 Å². The van der Waals surface area contributed by atoms with Crippen LogP contribution in [0, 0.1) is 17.2 Å². The van der Waals surface area contributed by atoms with Gasteiger partial charge in [-0.2, -0.15) is 5.26 Å². The number of allylic oxidation sites excluding steroid dienone is 1. The minimum Gasteiger partial charge on any atom is -0.274 e. The summed E-state index contributed by atoms with van der Waals surface area (Å²) < 4.78 is 0. The van der Waals surface area contributed by atoms with Gasteiger partial charge in [0.1, 0.15) is 5.03 Å². The quantitative estimate of drug-likeness (QED) is 0.727. The number of para-hydroxylation sites is 1. The van der Waals surface area contributed by atoms with E-state index in [1.54, 1.807) is 16.7 Å². The smallest absolute Gasteiger partial charge is 0.236 e. The van der Waals surface area contributed by atoms with Gasteiger partial charge in [0.2, 0.25) is 5.91 Å². The Morgan fingerprint density at radius 3 is 2.58 bits per heavy atom. The van der Waals surface area contributed by atoms with Crippen LogP contribution in [0.5, 0.6) is 0 Å². The summed E-state index contributed by atoms with van der Waals surface area (Å²) in [6.45, 7) is 2.14. The number of nitriles is 1. The second kappa shape index (κ2) is 7.01. The first-order valence-corrected chi connectivity index (χ1v) is 9.88. The van der Waals surface area contributed by atoms with Crippen molar-refractivity contribution in [3.05, 3.63) is 70.8 Å². The van der Waals surface area contributed by atoms with Crippen LogP contribution < -0.4 is 4.90 Å². The number of hydrogen-bond donors (Lipinski definition) is 0. The van der Waals surface area contributed by atoms with Gasteiger partial charge < -0.3 is 0 Å². The maximum Gasteiger partial charge on any atom is 0.236 e. The summed E-state index contributed by atoms with van der Waals surface area (Å²) >= 11 is 1.54. The molecule has 3 nitrogen and oxygen atoms in total. The van der Waals surface area contributed by atoms with Crippen LogP contribution in [0.15, 0.2) is 70.1 Å². The first kappa shape index (κ1) is 16.9. The number of hydrogen-bond acceptors (Lipinski definition) is 3. The summed E-state index contributed by atoms with van der Waals surface area (Å²) in [5.41, 5.74) is 2.69. The van der Waals surface area contributed by atoms with Crippen molar-refractivity contribution in [3.8, 4) is 6.07 Å². The summed E-state index contributed by atoms with van der Waals surface area (Å²) in [6.07, 6.45) is 2.82. The molecule has 2 aromatic carbocycles. The lowest BCUT2D eigenvalue weighted by Crippen LogP contribution is -2.41. The van der Waals surface area contributed by atoms with Crippen molar-refractivity contribution >= 4 is 23.4 Å². The molecule has 4 rings (SSSR count). The summed E-state index contributed by atoms with van der Waals surface area (Å²) in [5.74, 6) is -0.227. The van der Waals surface area contributed by atoms with Gasteiger partial charge in [0.15, 0.2) is 0 Å². The molecule has 0 aromatic heterocycles. The van der Waals surface area contributed by atoms with Gasteiger partial charge in [0, 0.05) is 10.8 Å². The third kappa shape index (κ3) is 2.64. The van der Waals surface area contributed by atoms with E-state index < -0.39 is 0 Å². The molecule has 2 atom stereocenters. The minimum absolute atomic E-state index is 0.124. The van der Waals surface area contributed by atoms with Crippen LogP contribution in [0.4, 0.5) is 5.69 Å². The number of rotatable bonds is 4. The third-order valence-electron chi connectivity index (χ3n) is 5.15. The number of carbonyl (C=O) groups is 1. The molecule has 2 aromatic rings. The molecule has 0 aliphatic carbocycles. The monoisotopic (exact) mass is 360 g/mol. The number of thioether (sulfide) groups is 1. The Morgan fingerprint density at radius 1 is 1.12 bits per heavy atom. The van der Waals surface area contributed by atoms with E-state index in [0.29, 0.717) is 0 Å². The molecule has 1 amide bonds. The predicted octanol–water partition coefficient (Wildman–Crippen LogP) is 5.46. The Morgan fingerprint density at radius 2 is 1.85 bits per heavy atom. The summed E-state index contributed by atoms with van der Waals surface area (Å²) in [4.78, 5) is 16.3. The molecule has 2 heterocycles. The van der Waals surface area contributed by atoms with E-state index in [-0.39, 0.29) is 17.7 Å². The first-order valence-electron chi connectivity index (χ1n) is 9.06. The van der Waals surface area contributed by atoms with E-state index in [1.807, 2.05) is 54.6 Å². The Bertz CT molecular complexity index is 913. The Hall–Kier alpha value is -2.51. The fourth-order valence-electron chi connectivity index (χ4n) is 3.92. The van der Waals surface area contributed by atoms with Gasteiger partial charge >= 0.3 is 0 Å². The zero-order valence-electron chi connectivity index (χ0n) is 14.7. The number of anilines is 1. The Kier molecular flexibility index (Phi) is 4.57. The standard InChI is InChI=1S/C22H20N2OS/c1-2-3-11-16-20(15-9-5-4-6-10-15)17(14-23)22-24(21(16)25)18-12-7-8-13-19(18)26-22/h4-10,12-13,16,20H,2-3,11H2,1H3/t16-,20+/m1/s1. The molecule has 0 spiro atoms. The van der Waals surface area contributed by atoms with E-state index in [1.165, 1.54) is 0 Å². The van der Waals surface area contributed by atoms with E-state index in [4.69, 9.17) is 0 Å². The van der Waals surface area contributed by atoms with Crippen molar-refractivity contribution < 1.29 is 4.79 Å². The zero-order valence-corrected chi connectivity index (χ0v) is 15.5. The Labute approximate surface area is 158 Å². The topological polar surface area (TPSA) is 44.1 Å². The number of carbonyl (C=O) groups excluding carboxylic acids is 1. The second-order valence-electron chi connectivity index (χ2n) is 6.71. The Balaban J connectivity index is 1.89. The van der Waals surface area contributed by atoms with Crippen molar-refractivity contribution in [1.82, 2.24) is 0 Å². The lowest BCUT2D eigenvalue weighted by molar-refractivity contribution is -0.123. The van der Waals surface area contributed by atoms with Crippen LogP contribution >= 0.6 is 11.8 Å². The molecule has 0 bridgehead atoms. The van der Waals surface area contributed by atoms with E-state index in [0.717, 1.165) is 46.0 Å². The molecule has 0 radical (unpaired) electrons. The van der Waals surface area contributed by atoms with Gasteiger partial charge in [-0.25, -0.2) is 0 Å². The van der Waals surface area contributed by atoms with Crippen LogP contribution in [0.2, 0.25) is 0 Å². The molecule has 4 heteroatoms. The lowest BCUT2D eigenvalue weighted by atomic mass is 9.76. The maximum atomic E-state index is 13.5. The van der Waals surface area contributed by atoms with Crippen molar-refractivity contribution in [1.29, 1.82) is 5.26 Å². The summed E-state index contributed by atoms with van der Waals surface area (Å²) in [5, 5.41) is 10.8. The lowest BCUT2D eigenvalue weighted by Gasteiger charge is -2.36. The van der Waals surface area contributed by atoms with Gasteiger partial charge in [0.25, 0.3) is 0 Å². The summed E-state index contributed by atoms with van der Waals surface area (Å²) in [6, 6.07) is 20.4. The van der Waals surface area contributed by atoms with Gasteiger partial charge in [-0.1, -0.05) is 74.0 Å². The van der Waals surface area contributed by atoms with Crippen molar-refractivity contribution in [2.75, 3.05) is 4.90 Å². The molecule has 2 aliphatic heterocycles. The number of benzene rings is 2. The molecule has 0 saturated carbocycles. The first-order chi connectivity index (χ1) is 12.8. The van der Waals surface area contributed by atoms with Crippen LogP contribution in [0.25, 0.3) is 0 Å². The maximum absolute atomic E-state index is 13.5. The molecule has 2 aliphatic rings. The fourth-order valence-corrected chi connectivity index (χ4v) is 5.10. The fraction of sp³-hybridized carbons (Fsp3) is 0.273. The summed E-state index contributed by atoms with van der Waals surface area (Å²) in [7, 11) is 0. The van der Waals surface area contributed by atoms with Gasteiger partial charge in [-0.3, -0.25) is 9.69 Å². The molecule has 0 N–H and O–H groups in total. The van der Waals surface area contributed by atoms with Gasteiger partial charge in [-0.05, 0) is 24.1 Å². The molecule has 0 fully saturated rings. The van der Waals surface area contributed by atoms with Gasteiger partial charge in [-0.15, -0.1) is 0 Å². The molecular formula is C22H20N2OS. The highest BCUT2D eigenvalue weighted by molar-refractivity contribution is 8.03. The van der Waals surface area contributed by atoms with Crippen LogP contribution in [-0.2, 0) is 4.79 Å². The minimum atomic E-state index is -0.192. The van der Waals surface area contributed by atoms with Crippen LogP contribution in [-0.4, -0.2) is 5.91 Å². The number of fused-ring (bicyclic) bond motifs is 3. The average molecular weight is 360 g/mol. The number of unbranched alkanes of at least 4 members (excludes halogenated alkanes) is 1. The highest BCUT2D eigenvalue weighted by atomic mass is 32.2. The average Bonchev–Trinajstić information content (AvgIpc) is 3.07. The molecule has 26 heavy (non-hydrogen) atoms. The molecule has 0 saturated heterocycles. The normalized spacial score (nSPS) is 21.4. The highest BCUT2D eigenvalue weighted by Gasteiger charge is 2.46. The van der Waals surface area contributed by atoms with Crippen molar-refractivity contribution in [2.24, 2.45) is 5.92 Å². The number of amides is 1. The largest absolute Gasteiger partial charge is 0.274 e. The second-order valence-corrected chi connectivity index (χ2v) is 7.74. The van der Waals surface area contributed by atoms with Crippen LogP contribution in [0.3, 0.4) is 0 Å². The highest BCUT2D eigenvalue weighted by Crippen LogP contribution is 2.54. The zero-order chi connectivity index (χ0) is 18.1. The van der Waals surface area contributed by atoms with E-state index in [2.05, 4.69) is 13.0 Å². The molecular weight excluding hydrogens is 340 g/mol. The van der Waals surface area contributed by atoms with Crippen LogP contribution in [0.1, 0.15) is 37.7 Å². The third-order valence-corrected chi connectivity index (χ3v) is 6.31.